The zero-order valence-corrected chi connectivity index (χ0v) is 15.9. The molecular formula is C19H22N4O3S. The van der Waals surface area contributed by atoms with Gasteiger partial charge in [0.25, 0.3) is 5.91 Å². The van der Waals surface area contributed by atoms with Crippen LogP contribution < -0.4 is 10.0 Å². The van der Waals surface area contributed by atoms with Gasteiger partial charge in [0.15, 0.2) is 16.2 Å². The van der Waals surface area contributed by atoms with E-state index in [2.05, 4.69) is 15.0 Å². The highest BCUT2D eigenvalue weighted by molar-refractivity contribution is 7.96. The molecule has 2 aliphatic rings. The van der Waals surface area contributed by atoms with Gasteiger partial charge >= 0.3 is 0 Å². The first kappa shape index (κ1) is 18.1. The van der Waals surface area contributed by atoms with Crippen LogP contribution in [0, 0.1) is 6.92 Å². The van der Waals surface area contributed by atoms with Crippen LogP contribution >= 0.6 is 0 Å². The number of carbonyl (C=O) groups is 1. The number of benzene rings is 1. The van der Waals surface area contributed by atoms with Crippen LogP contribution in [-0.2, 0) is 14.6 Å². The molecule has 2 unspecified atom stereocenters. The SMILES string of the molecule is Cc1ccccc1C(=O)N1CCCC2(CNc3ncccc3[S+](=O)([O-])N2)C1. The third-order valence-electron chi connectivity index (χ3n) is 5.24. The monoisotopic (exact) mass is 386 g/mol. The van der Waals surface area contributed by atoms with E-state index in [1.54, 1.807) is 17.2 Å². The van der Waals surface area contributed by atoms with Gasteiger partial charge in [0.05, 0.1) is 5.54 Å². The van der Waals surface area contributed by atoms with E-state index in [1.165, 1.54) is 6.07 Å². The number of nitrogens with one attached hydrogen (secondary N) is 2. The third kappa shape index (κ3) is 3.36. The van der Waals surface area contributed by atoms with Gasteiger partial charge in [-0.1, -0.05) is 22.4 Å². The summed E-state index contributed by atoms with van der Waals surface area (Å²) in [5.74, 6) is 0.287. The Balaban J connectivity index is 1.62. The minimum atomic E-state index is -3.72. The molecule has 7 nitrogen and oxygen atoms in total. The molecule has 3 heterocycles. The molecule has 2 aromatic rings. The molecule has 4 rings (SSSR count). The number of anilines is 1. The minimum absolute atomic E-state index is 0.0636. The zero-order chi connectivity index (χ0) is 19.1. The molecule has 1 spiro atoms. The lowest BCUT2D eigenvalue weighted by atomic mass is 9.89. The zero-order valence-electron chi connectivity index (χ0n) is 15.1. The van der Waals surface area contributed by atoms with E-state index < -0.39 is 15.9 Å². The first-order valence-electron chi connectivity index (χ1n) is 8.98. The Bertz CT molecular complexity index is 935. The Kier molecular flexibility index (Phi) is 4.49. The normalized spacial score (nSPS) is 27.6. The second kappa shape index (κ2) is 6.70. The van der Waals surface area contributed by atoms with Crippen LogP contribution in [0.5, 0.6) is 0 Å². The summed E-state index contributed by atoms with van der Waals surface area (Å²) in [5, 5.41) is 3.16. The fraction of sp³-hybridized carbons (Fsp3) is 0.368. The second-order valence-electron chi connectivity index (χ2n) is 7.23. The van der Waals surface area contributed by atoms with E-state index in [4.69, 9.17) is 0 Å². The molecule has 8 heteroatoms. The van der Waals surface area contributed by atoms with E-state index in [9.17, 15) is 13.6 Å². The standard InChI is InChI=1S/C19H22N4O3S/c1-14-6-2-3-7-15(14)18(24)23-11-5-9-19(13-23)12-21-17-16(8-4-10-20-17)27(25,26)22-19/h2-4,6-8,10H,5,9,11-13H2,1H3,(H2-,20,21,22,25,26). The van der Waals surface area contributed by atoms with Gasteiger partial charge in [-0.3, -0.25) is 4.79 Å². The maximum Gasteiger partial charge on any atom is 0.254 e. The Morgan fingerprint density at radius 3 is 2.93 bits per heavy atom. The molecule has 2 aliphatic heterocycles. The Morgan fingerprint density at radius 1 is 1.30 bits per heavy atom. The van der Waals surface area contributed by atoms with E-state index in [0.29, 0.717) is 37.4 Å². The Morgan fingerprint density at radius 2 is 2.11 bits per heavy atom. The predicted octanol–water partition coefficient (Wildman–Crippen LogP) is 1.98. The second-order valence-corrected chi connectivity index (χ2v) is 8.89. The highest BCUT2D eigenvalue weighted by atomic mass is 32.3. The fourth-order valence-corrected chi connectivity index (χ4v) is 5.44. The van der Waals surface area contributed by atoms with Gasteiger partial charge in [-0.05, 0) is 37.5 Å². The molecule has 2 N–H and O–H groups in total. The van der Waals surface area contributed by atoms with Crippen molar-refractivity contribution >= 4 is 22.1 Å². The number of hydrogen-bond acceptors (Lipinski definition) is 5. The molecule has 1 fully saturated rings. The number of aromatic nitrogens is 1. The summed E-state index contributed by atoms with van der Waals surface area (Å²) in [6, 6.07) is 10.6. The maximum absolute atomic E-state index is 13.0. The number of hydrogen-bond donors (Lipinski definition) is 2. The lowest BCUT2D eigenvalue weighted by molar-refractivity contribution is 0.0635. The largest absolute Gasteiger partial charge is 0.593 e. The molecule has 0 radical (unpaired) electrons. The van der Waals surface area contributed by atoms with Crippen molar-refractivity contribution < 1.29 is 13.6 Å². The van der Waals surface area contributed by atoms with Crippen molar-refractivity contribution in [3.63, 3.8) is 0 Å². The molecule has 1 saturated heterocycles. The Hall–Kier alpha value is -2.29. The predicted molar refractivity (Wildman–Crippen MR) is 102 cm³/mol. The average Bonchev–Trinajstić information content (AvgIpc) is 2.76. The van der Waals surface area contributed by atoms with Crippen molar-refractivity contribution in [3.8, 4) is 0 Å². The van der Waals surface area contributed by atoms with Crippen LogP contribution in [0.1, 0.15) is 28.8 Å². The fourth-order valence-electron chi connectivity index (χ4n) is 3.89. The number of pyridine rings is 1. The number of sulfonamides is 1. The summed E-state index contributed by atoms with van der Waals surface area (Å²) in [6.45, 7) is 3.22. The molecular weight excluding hydrogens is 364 g/mol. The van der Waals surface area contributed by atoms with Crippen LogP contribution in [0.25, 0.3) is 0 Å². The summed E-state index contributed by atoms with van der Waals surface area (Å²) in [6.07, 6.45) is 2.95. The van der Waals surface area contributed by atoms with E-state index in [-0.39, 0.29) is 10.8 Å². The number of piperidine rings is 1. The summed E-state index contributed by atoms with van der Waals surface area (Å²) in [7, 11) is -3.72. The number of likely N-dealkylation sites (tertiary alicyclic amines) is 1. The minimum Gasteiger partial charge on any atom is -0.593 e. The van der Waals surface area contributed by atoms with Crippen LogP contribution in [0.2, 0.25) is 0 Å². The molecule has 0 saturated carbocycles. The summed E-state index contributed by atoms with van der Waals surface area (Å²) >= 11 is 0. The number of rotatable bonds is 1. The van der Waals surface area contributed by atoms with Crippen molar-refractivity contribution in [2.45, 2.75) is 30.2 Å². The highest BCUT2D eigenvalue weighted by Crippen LogP contribution is 2.32. The quantitative estimate of drug-likeness (QED) is 0.731. The van der Waals surface area contributed by atoms with Gasteiger partial charge in [-0.15, -0.1) is 4.72 Å². The topological polar surface area (TPSA) is 97.4 Å². The van der Waals surface area contributed by atoms with Crippen LogP contribution in [0.3, 0.4) is 0 Å². The van der Waals surface area contributed by atoms with Gasteiger partial charge in [-0.25, -0.2) is 4.98 Å². The van der Waals surface area contributed by atoms with Crippen LogP contribution in [-0.4, -0.2) is 45.5 Å². The third-order valence-corrected chi connectivity index (χ3v) is 6.86. The molecule has 2 atom stereocenters. The molecule has 0 aliphatic carbocycles. The lowest BCUT2D eigenvalue weighted by Gasteiger charge is -2.42. The van der Waals surface area contributed by atoms with Gasteiger partial charge in [-0.2, -0.15) is 0 Å². The van der Waals surface area contributed by atoms with Crippen molar-refractivity contribution in [2.24, 2.45) is 0 Å². The maximum atomic E-state index is 13.0. The molecule has 27 heavy (non-hydrogen) atoms. The lowest BCUT2D eigenvalue weighted by Crippen LogP contribution is -2.63. The Labute approximate surface area is 159 Å². The number of fused-ring (bicyclic) bond motifs is 1. The van der Waals surface area contributed by atoms with Gasteiger partial charge in [0.2, 0.25) is 4.90 Å². The van der Waals surface area contributed by atoms with Crippen molar-refractivity contribution in [2.75, 3.05) is 25.0 Å². The molecule has 1 aromatic heterocycles. The number of aryl methyl sites for hydroxylation is 1. The van der Waals surface area contributed by atoms with Crippen molar-refractivity contribution in [3.05, 3.63) is 53.7 Å². The van der Waals surface area contributed by atoms with Crippen LogP contribution in [0.4, 0.5) is 5.82 Å². The molecule has 1 amide bonds. The molecule has 0 bridgehead atoms. The van der Waals surface area contributed by atoms with Gasteiger partial charge in [0, 0.05) is 37.5 Å². The highest BCUT2D eigenvalue weighted by Gasteiger charge is 2.46. The van der Waals surface area contributed by atoms with Gasteiger partial charge in [0.1, 0.15) is 0 Å². The average molecular weight is 386 g/mol. The van der Waals surface area contributed by atoms with Crippen LogP contribution in [0.15, 0.2) is 47.5 Å². The molecule has 1 aromatic carbocycles. The number of nitrogens with zero attached hydrogens (tertiary/aromatic N) is 2. The first-order valence-corrected chi connectivity index (χ1v) is 10.5. The van der Waals surface area contributed by atoms with E-state index in [1.807, 2.05) is 31.2 Å². The van der Waals surface area contributed by atoms with Crippen molar-refractivity contribution in [1.29, 1.82) is 0 Å². The smallest absolute Gasteiger partial charge is 0.254 e. The van der Waals surface area contributed by atoms with Gasteiger partial charge < -0.3 is 14.8 Å². The summed E-state index contributed by atoms with van der Waals surface area (Å²) < 4.78 is 28.6. The number of amides is 1. The number of carbonyl (C=O) groups excluding carboxylic acids is 1. The first-order chi connectivity index (χ1) is 12.9. The summed E-state index contributed by atoms with van der Waals surface area (Å²) in [4.78, 5) is 19.1. The van der Waals surface area contributed by atoms with E-state index >= 15 is 0 Å². The van der Waals surface area contributed by atoms with E-state index in [0.717, 1.165) is 12.0 Å². The summed E-state index contributed by atoms with van der Waals surface area (Å²) in [5.41, 5.74) is 0.818. The molecule has 142 valence electrons. The van der Waals surface area contributed by atoms with Crippen molar-refractivity contribution in [1.82, 2.24) is 14.6 Å².